The van der Waals surface area contributed by atoms with Gasteiger partial charge in [-0.25, -0.2) is 0 Å². The maximum absolute atomic E-state index is 10.4. The SMILES string of the molecule is CC(=O)CC(C)C.CCC(C)=O.CCCC(=O)CC. The van der Waals surface area contributed by atoms with Gasteiger partial charge in [0.2, 0.25) is 0 Å². The molecule has 0 aliphatic heterocycles. The molecule has 0 fully saturated rings. The quantitative estimate of drug-likeness (QED) is 0.721. The van der Waals surface area contributed by atoms with E-state index in [-0.39, 0.29) is 11.6 Å². The zero-order valence-electron chi connectivity index (χ0n) is 13.8. The second-order valence-electron chi connectivity index (χ2n) is 5.00. The molecule has 0 heterocycles. The van der Waals surface area contributed by atoms with Crippen molar-refractivity contribution in [1.29, 1.82) is 0 Å². The van der Waals surface area contributed by atoms with Gasteiger partial charge in [0, 0.05) is 25.7 Å². The van der Waals surface area contributed by atoms with Crippen LogP contribution in [0.4, 0.5) is 0 Å². The molecule has 0 saturated heterocycles. The number of ketones is 3. The lowest BCUT2D eigenvalue weighted by Crippen LogP contribution is -1.95. The summed E-state index contributed by atoms with van der Waals surface area (Å²) in [6.07, 6.45) is 3.84. The molecule has 0 aromatic carbocycles. The molecule has 3 heteroatoms. The van der Waals surface area contributed by atoms with Gasteiger partial charge in [-0.15, -0.1) is 0 Å². The zero-order valence-corrected chi connectivity index (χ0v) is 13.8. The van der Waals surface area contributed by atoms with Gasteiger partial charge in [0.05, 0.1) is 0 Å². The van der Waals surface area contributed by atoms with Crippen molar-refractivity contribution in [3.05, 3.63) is 0 Å². The van der Waals surface area contributed by atoms with Gasteiger partial charge < -0.3 is 9.59 Å². The molecule has 114 valence electrons. The van der Waals surface area contributed by atoms with Gasteiger partial charge in [-0.2, -0.15) is 0 Å². The van der Waals surface area contributed by atoms with Crippen molar-refractivity contribution in [2.24, 2.45) is 5.92 Å². The first-order valence-electron chi connectivity index (χ1n) is 7.21. The second kappa shape index (κ2) is 17.0. The topological polar surface area (TPSA) is 51.2 Å². The Balaban J connectivity index is -0.000000206. The van der Waals surface area contributed by atoms with E-state index in [0.29, 0.717) is 24.5 Å². The van der Waals surface area contributed by atoms with Crippen molar-refractivity contribution in [1.82, 2.24) is 0 Å². The van der Waals surface area contributed by atoms with Crippen LogP contribution in [0.15, 0.2) is 0 Å². The fourth-order valence-electron chi connectivity index (χ4n) is 1.03. The van der Waals surface area contributed by atoms with Crippen molar-refractivity contribution >= 4 is 17.3 Å². The summed E-state index contributed by atoms with van der Waals surface area (Å²) in [6.45, 7) is 13.1. The Kier molecular flexibility index (Phi) is 20.7. The van der Waals surface area contributed by atoms with Gasteiger partial charge >= 0.3 is 0 Å². The van der Waals surface area contributed by atoms with Gasteiger partial charge in [0.15, 0.2) is 0 Å². The minimum Gasteiger partial charge on any atom is -0.300 e. The van der Waals surface area contributed by atoms with Crippen LogP contribution in [-0.4, -0.2) is 17.3 Å². The Hall–Kier alpha value is -0.990. The molecular weight excluding hydrogens is 240 g/mol. The highest BCUT2D eigenvalue weighted by atomic mass is 16.1. The van der Waals surface area contributed by atoms with Gasteiger partial charge in [-0.3, -0.25) is 4.79 Å². The summed E-state index contributed by atoms with van der Waals surface area (Å²) in [7, 11) is 0. The molecule has 0 unspecified atom stereocenters. The Labute approximate surface area is 119 Å². The van der Waals surface area contributed by atoms with E-state index in [9.17, 15) is 14.4 Å². The Morgan fingerprint density at radius 1 is 0.842 bits per heavy atom. The summed E-state index contributed by atoms with van der Waals surface area (Å²) in [6, 6.07) is 0. The molecule has 0 N–H and O–H groups in total. The predicted octanol–water partition coefficient (Wildman–Crippen LogP) is 4.37. The molecule has 0 aromatic rings. The highest BCUT2D eigenvalue weighted by Gasteiger charge is 1.95. The summed E-state index contributed by atoms with van der Waals surface area (Å²) in [5, 5.41) is 0. The number of hydrogen-bond acceptors (Lipinski definition) is 3. The molecule has 0 bridgehead atoms. The number of carbonyl (C=O) groups excluding carboxylic acids is 3. The molecule has 0 aliphatic carbocycles. The normalized spacial score (nSPS) is 8.84. The van der Waals surface area contributed by atoms with E-state index in [1.165, 1.54) is 0 Å². The molecule has 0 atom stereocenters. The molecule has 0 rings (SSSR count). The van der Waals surface area contributed by atoms with Crippen LogP contribution in [0, 0.1) is 5.92 Å². The van der Waals surface area contributed by atoms with E-state index >= 15 is 0 Å². The first-order valence-corrected chi connectivity index (χ1v) is 7.21. The van der Waals surface area contributed by atoms with Crippen LogP contribution in [-0.2, 0) is 14.4 Å². The van der Waals surface area contributed by atoms with Crippen molar-refractivity contribution in [3.8, 4) is 0 Å². The molecular formula is C16H32O3. The van der Waals surface area contributed by atoms with Crippen LogP contribution in [0.3, 0.4) is 0 Å². The van der Waals surface area contributed by atoms with E-state index in [2.05, 4.69) is 0 Å². The first kappa shape index (κ1) is 23.1. The number of rotatable bonds is 6. The second-order valence-corrected chi connectivity index (χ2v) is 5.00. The largest absolute Gasteiger partial charge is 0.300 e. The number of Topliss-reactive ketones (excluding diaryl/α,β-unsaturated/α-hetero) is 3. The molecule has 0 aromatic heterocycles. The van der Waals surface area contributed by atoms with Gasteiger partial charge in [0.1, 0.15) is 17.3 Å². The molecule has 0 spiro atoms. The Morgan fingerprint density at radius 3 is 1.32 bits per heavy atom. The van der Waals surface area contributed by atoms with Crippen molar-refractivity contribution in [2.45, 2.75) is 80.6 Å². The lowest BCUT2D eigenvalue weighted by atomic mass is 10.1. The summed E-state index contributed by atoms with van der Waals surface area (Å²) >= 11 is 0. The van der Waals surface area contributed by atoms with Crippen LogP contribution in [0.5, 0.6) is 0 Å². The van der Waals surface area contributed by atoms with E-state index in [1.807, 2.05) is 34.6 Å². The maximum Gasteiger partial charge on any atom is 0.132 e. The third-order valence-electron chi connectivity index (χ3n) is 2.12. The maximum atomic E-state index is 10.4. The fourth-order valence-corrected chi connectivity index (χ4v) is 1.03. The van der Waals surface area contributed by atoms with Crippen LogP contribution >= 0.6 is 0 Å². The monoisotopic (exact) mass is 272 g/mol. The fraction of sp³-hybridized carbons (Fsp3) is 0.812. The van der Waals surface area contributed by atoms with Gasteiger partial charge in [0.25, 0.3) is 0 Å². The average Bonchev–Trinajstić information content (AvgIpc) is 2.29. The molecule has 3 nitrogen and oxygen atoms in total. The molecule has 0 aliphatic rings. The van der Waals surface area contributed by atoms with Crippen LogP contribution < -0.4 is 0 Å². The third-order valence-corrected chi connectivity index (χ3v) is 2.12. The lowest BCUT2D eigenvalue weighted by Gasteiger charge is -1.95. The van der Waals surface area contributed by atoms with Crippen molar-refractivity contribution < 1.29 is 14.4 Å². The standard InChI is InChI=1S/2C6H12O.C4H8O/c1-5(2)4-6(3)7;1-3-5-6(7)4-2;1-3-4(2)5/h5H,4H2,1-3H3;3-5H2,1-2H3;3H2,1-2H3. The number of carbonyl (C=O) groups is 3. The summed E-state index contributed by atoms with van der Waals surface area (Å²) in [5.41, 5.74) is 0. The number of hydrogen-bond donors (Lipinski definition) is 0. The Bertz CT molecular complexity index is 242. The van der Waals surface area contributed by atoms with Crippen LogP contribution in [0.2, 0.25) is 0 Å². The highest BCUT2D eigenvalue weighted by Crippen LogP contribution is 1.97. The van der Waals surface area contributed by atoms with Crippen molar-refractivity contribution in [3.63, 3.8) is 0 Å². The van der Waals surface area contributed by atoms with Gasteiger partial charge in [-0.1, -0.05) is 34.6 Å². The lowest BCUT2D eigenvalue weighted by molar-refractivity contribution is -0.119. The smallest absolute Gasteiger partial charge is 0.132 e. The van der Waals surface area contributed by atoms with Gasteiger partial charge in [-0.05, 0) is 26.2 Å². The highest BCUT2D eigenvalue weighted by molar-refractivity contribution is 5.77. The van der Waals surface area contributed by atoms with E-state index in [0.717, 1.165) is 19.3 Å². The van der Waals surface area contributed by atoms with E-state index < -0.39 is 0 Å². The minimum atomic E-state index is 0.255. The molecule has 0 amide bonds. The van der Waals surface area contributed by atoms with E-state index in [1.54, 1.807) is 13.8 Å². The molecule has 0 radical (unpaired) electrons. The minimum absolute atomic E-state index is 0.255. The summed E-state index contributed by atoms with van der Waals surface area (Å²) in [4.78, 5) is 30.5. The van der Waals surface area contributed by atoms with E-state index in [4.69, 9.17) is 0 Å². The summed E-state index contributed by atoms with van der Waals surface area (Å²) < 4.78 is 0. The molecule has 19 heavy (non-hydrogen) atoms. The van der Waals surface area contributed by atoms with Crippen LogP contribution in [0.1, 0.15) is 80.6 Å². The van der Waals surface area contributed by atoms with Crippen molar-refractivity contribution in [2.75, 3.05) is 0 Å². The third kappa shape index (κ3) is 38.2. The Morgan fingerprint density at radius 2 is 1.26 bits per heavy atom. The zero-order chi connectivity index (χ0) is 15.8. The summed E-state index contributed by atoms with van der Waals surface area (Å²) in [5.74, 6) is 1.44. The molecule has 0 saturated carbocycles. The first-order chi connectivity index (χ1) is 8.70. The van der Waals surface area contributed by atoms with Crippen LogP contribution in [0.25, 0.3) is 0 Å². The predicted molar refractivity (Wildman–Crippen MR) is 81.3 cm³/mol. The average molecular weight is 272 g/mol.